The van der Waals surface area contributed by atoms with Crippen molar-refractivity contribution in [2.75, 3.05) is 19.0 Å². The Labute approximate surface area is 204 Å². The average Bonchev–Trinajstić information content (AvgIpc) is 3.63. The lowest BCUT2D eigenvalue weighted by Crippen LogP contribution is -2.40. The number of imidazole rings is 1. The van der Waals surface area contributed by atoms with Gasteiger partial charge in [-0.25, -0.2) is 9.78 Å². The number of rotatable bonds is 7. The van der Waals surface area contributed by atoms with Gasteiger partial charge in [0, 0.05) is 13.6 Å². The lowest BCUT2D eigenvalue weighted by atomic mass is 9.76. The van der Waals surface area contributed by atoms with Crippen molar-refractivity contribution in [1.82, 2.24) is 14.5 Å². The van der Waals surface area contributed by atoms with Gasteiger partial charge in [-0.2, -0.15) is 0 Å². The molecule has 1 fully saturated rings. The van der Waals surface area contributed by atoms with Gasteiger partial charge in [0.1, 0.15) is 11.9 Å². The fourth-order valence-corrected chi connectivity index (χ4v) is 4.79. The van der Waals surface area contributed by atoms with Crippen LogP contribution in [0.15, 0.2) is 97.2 Å². The third-order valence-electron chi connectivity index (χ3n) is 6.53. The van der Waals surface area contributed by atoms with E-state index in [9.17, 15) is 9.59 Å². The van der Waals surface area contributed by atoms with Gasteiger partial charge in [0.25, 0.3) is 0 Å². The predicted octanol–water partition coefficient (Wildman–Crippen LogP) is 3.82. The fourth-order valence-electron chi connectivity index (χ4n) is 4.79. The maximum absolute atomic E-state index is 13.4. The van der Waals surface area contributed by atoms with Gasteiger partial charge in [-0.05, 0) is 16.7 Å². The van der Waals surface area contributed by atoms with Crippen molar-refractivity contribution in [3.63, 3.8) is 0 Å². The topological polar surface area (TPSA) is 76.2 Å². The van der Waals surface area contributed by atoms with E-state index in [0.717, 1.165) is 16.7 Å². The van der Waals surface area contributed by atoms with Crippen molar-refractivity contribution < 1.29 is 14.3 Å². The van der Waals surface area contributed by atoms with Gasteiger partial charge in [-0.3, -0.25) is 9.69 Å². The van der Waals surface area contributed by atoms with Crippen LogP contribution in [0.25, 0.3) is 0 Å². The number of nitrogens with one attached hydrogen (secondary N) is 1. The first kappa shape index (κ1) is 22.6. The number of hydrogen-bond acceptors (Lipinski definition) is 5. The highest BCUT2D eigenvalue weighted by Crippen LogP contribution is 2.48. The molecule has 1 aromatic heterocycles. The van der Waals surface area contributed by atoms with Crippen LogP contribution in [-0.2, 0) is 22.1 Å². The molecular weight excluding hydrogens is 440 g/mol. The maximum atomic E-state index is 13.4. The number of nitrogens with zero attached hydrogens (tertiary/aromatic N) is 3. The van der Waals surface area contributed by atoms with Crippen LogP contribution in [0.2, 0.25) is 0 Å². The second-order valence-corrected chi connectivity index (χ2v) is 8.48. The summed E-state index contributed by atoms with van der Waals surface area (Å²) in [5.41, 5.74) is 2.61. The summed E-state index contributed by atoms with van der Waals surface area (Å²) in [5, 5.41) is 2.94. The van der Waals surface area contributed by atoms with Gasteiger partial charge >= 0.3 is 5.97 Å². The Morgan fingerprint density at radius 3 is 1.83 bits per heavy atom. The SMILES string of the molecule is COC(=O)c1ncc(NC(=O)[C@@H]2CN2C(c2ccccc2)(c2ccccc2)c2ccccc2)n1C. The molecule has 176 valence electrons. The molecule has 7 heteroatoms. The van der Waals surface area contributed by atoms with E-state index >= 15 is 0 Å². The zero-order valence-electron chi connectivity index (χ0n) is 19.6. The van der Waals surface area contributed by atoms with Crippen LogP contribution in [-0.4, -0.2) is 46.0 Å². The number of carbonyl (C=O) groups is 2. The van der Waals surface area contributed by atoms with Gasteiger partial charge in [-0.1, -0.05) is 91.0 Å². The average molecular weight is 467 g/mol. The molecule has 0 aliphatic carbocycles. The lowest BCUT2D eigenvalue weighted by molar-refractivity contribution is -0.116. The predicted molar refractivity (Wildman–Crippen MR) is 133 cm³/mol. The lowest BCUT2D eigenvalue weighted by Gasteiger charge is -2.38. The Kier molecular flexibility index (Phi) is 5.93. The van der Waals surface area contributed by atoms with Gasteiger partial charge < -0.3 is 14.6 Å². The molecule has 5 rings (SSSR count). The van der Waals surface area contributed by atoms with Crippen molar-refractivity contribution in [2.45, 2.75) is 11.6 Å². The highest BCUT2D eigenvalue weighted by molar-refractivity contribution is 5.97. The first-order valence-corrected chi connectivity index (χ1v) is 11.4. The number of anilines is 1. The van der Waals surface area contributed by atoms with Crippen LogP contribution >= 0.6 is 0 Å². The van der Waals surface area contributed by atoms with Crippen molar-refractivity contribution in [2.24, 2.45) is 7.05 Å². The monoisotopic (exact) mass is 466 g/mol. The summed E-state index contributed by atoms with van der Waals surface area (Å²) >= 11 is 0. The second-order valence-electron chi connectivity index (χ2n) is 8.48. The molecule has 3 aromatic carbocycles. The standard InChI is InChI=1S/C28H26N4O3/c1-31-24(18-29-25(31)27(34)35-2)30-26(33)23-19-32(23)28(20-12-6-3-7-13-20,21-14-8-4-9-15-21)22-16-10-5-11-17-22/h3-18,23H,19H2,1-2H3,(H,30,33)/t23-,32?/m0/s1. The summed E-state index contributed by atoms with van der Waals surface area (Å²) in [7, 11) is 2.97. The summed E-state index contributed by atoms with van der Waals surface area (Å²) < 4.78 is 6.28. The molecule has 1 N–H and O–H groups in total. The van der Waals surface area contributed by atoms with Crippen molar-refractivity contribution in [1.29, 1.82) is 0 Å². The van der Waals surface area contributed by atoms with E-state index in [2.05, 4.69) is 51.6 Å². The van der Waals surface area contributed by atoms with Crippen LogP contribution in [0.1, 0.15) is 27.3 Å². The highest BCUT2D eigenvalue weighted by atomic mass is 16.5. The molecular formula is C28H26N4O3. The molecule has 0 spiro atoms. The molecule has 1 amide bonds. The van der Waals surface area contributed by atoms with Crippen LogP contribution < -0.4 is 5.32 Å². The Balaban J connectivity index is 1.54. The van der Waals surface area contributed by atoms with E-state index < -0.39 is 11.5 Å². The van der Waals surface area contributed by atoms with Crippen molar-refractivity contribution in [3.8, 4) is 0 Å². The zero-order chi connectivity index (χ0) is 24.4. The Morgan fingerprint density at radius 2 is 1.37 bits per heavy atom. The first-order chi connectivity index (χ1) is 17.1. The molecule has 0 saturated carbocycles. The van der Waals surface area contributed by atoms with E-state index in [4.69, 9.17) is 4.74 Å². The fraction of sp³-hybridized carbons (Fsp3) is 0.179. The summed E-state index contributed by atoms with van der Waals surface area (Å²) in [6, 6.07) is 30.4. The third kappa shape index (κ3) is 3.90. The number of benzene rings is 3. The number of hydrogen-bond donors (Lipinski definition) is 1. The number of esters is 1. The van der Waals surface area contributed by atoms with Crippen molar-refractivity contribution >= 4 is 17.7 Å². The van der Waals surface area contributed by atoms with Gasteiger partial charge in [0.2, 0.25) is 11.7 Å². The molecule has 7 nitrogen and oxygen atoms in total. The zero-order valence-corrected chi connectivity index (χ0v) is 19.6. The van der Waals surface area contributed by atoms with E-state index in [1.54, 1.807) is 7.05 Å². The number of carbonyl (C=O) groups excluding carboxylic acids is 2. The molecule has 35 heavy (non-hydrogen) atoms. The molecule has 1 saturated heterocycles. The minimum atomic E-state index is -0.643. The van der Waals surface area contributed by atoms with E-state index in [1.165, 1.54) is 17.9 Å². The van der Waals surface area contributed by atoms with Crippen LogP contribution in [0.5, 0.6) is 0 Å². The molecule has 0 radical (unpaired) electrons. The molecule has 1 unspecified atom stereocenters. The highest BCUT2D eigenvalue weighted by Gasteiger charge is 2.56. The summed E-state index contributed by atoms with van der Waals surface area (Å²) in [6.07, 6.45) is 1.47. The third-order valence-corrected chi connectivity index (χ3v) is 6.53. The van der Waals surface area contributed by atoms with E-state index in [1.807, 2.05) is 54.6 Å². The molecule has 1 aliphatic heterocycles. The molecule has 2 atom stereocenters. The number of aromatic nitrogens is 2. The Hall–Kier alpha value is -4.23. The van der Waals surface area contributed by atoms with Crippen LogP contribution in [0.4, 0.5) is 5.82 Å². The quantitative estimate of drug-likeness (QED) is 0.255. The molecule has 1 aliphatic rings. The van der Waals surface area contributed by atoms with Crippen LogP contribution in [0.3, 0.4) is 0 Å². The summed E-state index contributed by atoms with van der Waals surface area (Å²) in [6.45, 7) is 0.576. The molecule has 0 bridgehead atoms. The minimum Gasteiger partial charge on any atom is -0.463 e. The maximum Gasteiger partial charge on any atom is 0.374 e. The number of methoxy groups -OCH3 is 1. The normalized spacial score (nSPS) is 17.0. The second kappa shape index (κ2) is 9.19. The van der Waals surface area contributed by atoms with Crippen molar-refractivity contribution in [3.05, 3.63) is 120 Å². The number of ether oxygens (including phenoxy) is 1. The largest absolute Gasteiger partial charge is 0.463 e. The summed E-state index contributed by atoms with van der Waals surface area (Å²) in [5.74, 6) is -0.150. The van der Waals surface area contributed by atoms with Gasteiger partial charge in [-0.15, -0.1) is 0 Å². The Bertz CT molecular complexity index is 1240. The molecule has 4 aromatic rings. The first-order valence-electron chi connectivity index (χ1n) is 11.4. The smallest absolute Gasteiger partial charge is 0.374 e. The Morgan fingerprint density at radius 1 is 0.886 bits per heavy atom. The van der Waals surface area contributed by atoms with Gasteiger partial charge in [0.15, 0.2) is 0 Å². The van der Waals surface area contributed by atoms with E-state index in [0.29, 0.717) is 12.4 Å². The molecule has 2 heterocycles. The number of amides is 1. The minimum absolute atomic E-state index is 0.127. The summed E-state index contributed by atoms with van der Waals surface area (Å²) in [4.78, 5) is 31.6. The van der Waals surface area contributed by atoms with Gasteiger partial charge in [0.05, 0.1) is 18.8 Å². The van der Waals surface area contributed by atoms with E-state index in [-0.39, 0.29) is 17.8 Å². The van der Waals surface area contributed by atoms with Crippen LogP contribution in [0, 0.1) is 0 Å².